The van der Waals surface area contributed by atoms with E-state index in [-0.39, 0.29) is 0 Å². The van der Waals surface area contributed by atoms with Crippen LogP contribution in [0.4, 0.5) is 17.2 Å². The lowest BCUT2D eigenvalue weighted by molar-refractivity contribution is 0.740. The van der Waals surface area contributed by atoms with E-state index in [1.165, 1.54) is 0 Å². The molecular weight excluding hydrogens is 283 g/mol. The molecule has 0 saturated heterocycles. The van der Waals surface area contributed by atoms with Crippen LogP contribution in [0.2, 0.25) is 10.0 Å². The number of nitrogens with two attached hydrogens (primary N) is 1. The molecule has 0 aliphatic heterocycles. The maximum absolute atomic E-state index is 6.13. The molecule has 2 aromatic rings. The summed E-state index contributed by atoms with van der Waals surface area (Å²) >= 11 is 12.3. The predicted octanol–water partition coefficient (Wildman–Crippen LogP) is 4.01. The summed E-state index contributed by atoms with van der Waals surface area (Å²) in [6.45, 7) is 2.09. The molecule has 0 aliphatic carbocycles. The van der Waals surface area contributed by atoms with Gasteiger partial charge in [-0.1, -0.05) is 42.6 Å². The summed E-state index contributed by atoms with van der Waals surface area (Å²) in [6, 6.07) is 5.34. The fourth-order valence-electron chi connectivity index (χ4n) is 1.90. The summed E-state index contributed by atoms with van der Waals surface area (Å²) in [5, 5.41) is 8.66. The van der Waals surface area contributed by atoms with E-state index in [9.17, 15) is 0 Å². The SMILES string of the molecule is CCCc1nn(C)c(Nc2c(Cl)cccc2Cl)c1N. The Kier molecular flexibility index (Phi) is 4.22. The number of aromatic nitrogens is 2. The van der Waals surface area contributed by atoms with Crippen LogP contribution >= 0.6 is 23.2 Å². The molecule has 1 aromatic carbocycles. The number of nitrogens with zero attached hydrogens (tertiary/aromatic N) is 2. The van der Waals surface area contributed by atoms with Crippen LogP contribution in [-0.2, 0) is 13.5 Å². The molecule has 0 amide bonds. The number of nitrogens with one attached hydrogen (secondary N) is 1. The van der Waals surface area contributed by atoms with E-state index in [2.05, 4.69) is 17.3 Å². The largest absolute Gasteiger partial charge is 0.394 e. The first-order valence-electron chi connectivity index (χ1n) is 6.07. The summed E-state index contributed by atoms with van der Waals surface area (Å²) in [4.78, 5) is 0. The van der Waals surface area contributed by atoms with E-state index in [1.54, 1.807) is 22.9 Å². The molecule has 0 bridgehead atoms. The number of hydrogen-bond donors (Lipinski definition) is 2. The van der Waals surface area contributed by atoms with E-state index in [1.807, 2.05) is 7.05 Å². The lowest BCUT2D eigenvalue weighted by atomic mass is 10.2. The highest BCUT2D eigenvalue weighted by Gasteiger charge is 2.15. The quantitative estimate of drug-likeness (QED) is 0.897. The van der Waals surface area contributed by atoms with Crippen LogP contribution in [0, 0.1) is 0 Å². The van der Waals surface area contributed by atoms with Crippen molar-refractivity contribution in [1.82, 2.24) is 9.78 Å². The molecule has 2 rings (SSSR count). The van der Waals surface area contributed by atoms with Gasteiger partial charge in [0.1, 0.15) is 0 Å². The van der Waals surface area contributed by atoms with Crippen molar-refractivity contribution < 1.29 is 0 Å². The highest BCUT2D eigenvalue weighted by molar-refractivity contribution is 6.39. The summed E-state index contributed by atoms with van der Waals surface area (Å²) < 4.78 is 1.71. The molecule has 0 unspecified atom stereocenters. The molecule has 1 aromatic heterocycles. The Morgan fingerprint density at radius 2 is 1.95 bits per heavy atom. The number of para-hydroxylation sites is 1. The number of halogens is 2. The Bertz CT molecular complexity index is 572. The number of hydrogen-bond acceptors (Lipinski definition) is 3. The molecule has 0 radical (unpaired) electrons. The van der Waals surface area contributed by atoms with E-state index in [0.29, 0.717) is 27.2 Å². The molecule has 19 heavy (non-hydrogen) atoms. The lowest BCUT2D eigenvalue weighted by Gasteiger charge is -2.11. The highest BCUT2D eigenvalue weighted by atomic mass is 35.5. The van der Waals surface area contributed by atoms with Crippen LogP contribution in [0.3, 0.4) is 0 Å². The Hall–Kier alpha value is -1.39. The second-order valence-electron chi connectivity index (χ2n) is 4.30. The van der Waals surface area contributed by atoms with Crippen LogP contribution in [0.5, 0.6) is 0 Å². The van der Waals surface area contributed by atoms with Crippen molar-refractivity contribution in [2.24, 2.45) is 7.05 Å². The average Bonchev–Trinajstić information content (AvgIpc) is 2.61. The molecule has 0 aliphatic rings. The lowest BCUT2D eigenvalue weighted by Crippen LogP contribution is -2.02. The van der Waals surface area contributed by atoms with Crippen molar-refractivity contribution in [1.29, 1.82) is 0 Å². The molecule has 0 fully saturated rings. The summed E-state index contributed by atoms with van der Waals surface area (Å²) in [5.74, 6) is 0.707. The molecule has 0 spiro atoms. The molecule has 1 heterocycles. The second-order valence-corrected chi connectivity index (χ2v) is 5.12. The summed E-state index contributed by atoms with van der Waals surface area (Å²) in [7, 11) is 1.84. The van der Waals surface area contributed by atoms with Crippen LogP contribution in [0.1, 0.15) is 19.0 Å². The number of nitrogen functional groups attached to an aromatic ring is 1. The maximum atomic E-state index is 6.13. The zero-order valence-electron chi connectivity index (χ0n) is 10.9. The van der Waals surface area contributed by atoms with E-state index >= 15 is 0 Å². The normalized spacial score (nSPS) is 10.7. The fourth-order valence-corrected chi connectivity index (χ4v) is 2.39. The van der Waals surface area contributed by atoms with Crippen LogP contribution in [0.25, 0.3) is 0 Å². The number of rotatable bonds is 4. The number of aryl methyl sites for hydroxylation is 2. The molecule has 0 saturated carbocycles. The Labute approximate surface area is 122 Å². The smallest absolute Gasteiger partial charge is 0.152 e. The van der Waals surface area contributed by atoms with Gasteiger partial charge >= 0.3 is 0 Å². The van der Waals surface area contributed by atoms with Crippen LogP contribution in [0.15, 0.2) is 18.2 Å². The third kappa shape index (κ3) is 2.80. The van der Waals surface area contributed by atoms with E-state index in [0.717, 1.165) is 18.5 Å². The van der Waals surface area contributed by atoms with Crippen molar-refractivity contribution in [3.05, 3.63) is 33.9 Å². The van der Waals surface area contributed by atoms with Gasteiger partial charge in [-0.3, -0.25) is 4.68 Å². The monoisotopic (exact) mass is 298 g/mol. The van der Waals surface area contributed by atoms with Crippen LogP contribution < -0.4 is 11.1 Å². The topological polar surface area (TPSA) is 55.9 Å². The van der Waals surface area contributed by atoms with E-state index < -0.39 is 0 Å². The second kappa shape index (κ2) is 5.72. The van der Waals surface area contributed by atoms with Gasteiger partial charge in [0.05, 0.1) is 27.1 Å². The minimum atomic E-state index is 0.546. The first-order chi connectivity index (χ1) is 9.04. The minimum Gasteiger partial charge on any atom is -0.394 e. The third-order valence-corrected chi connectivity index (χ3v) is 3.48. The van der Waals surface area contributed by atoms with Crippen molar-refractivity contribution in [3.8, 4) is 0 Å². The average molecular weight is 299 g/mol. The van der Waals surface area contributed by atoms with Gasteiger partial charge in [0, 0.05) is 7.05 Å². The third-order valence-electron chi connectivity index (χ3n) is 2.85. The zero-order valence-corrected chi connectivity index (χ0v) is 12.4. The van der Waals surface area contributed by atoms with Gasteiger partial charge in [0.15, 0.2) is 5.82 Å². The molecule has 0 atom stereocenters. The summed E-state index contributed by atoms with van der Waals surface area (Å²) in [5.41, 5.74) is 8.27. The number of anilines is 3. The van der Waals surface area contributed by atoms with E-state index in [4.69, 9.17) is 28.9 Å². The first-order valence-corrected chi connectivity index (χ1v) is 6.82. The van der Waals surface area contributed by atoms with Crippen molar-refractivity contribution in [2.75, 3.05) is 11.1 Å². The molecule has 102 valence electrons. The van der Waals surface area contributed by atoms with Gasteiger partial charge in [-0.2, -0.15) is 5.10 Å². The van der Waals surface area contributed by atoms with Gasteiger partial charge < -0.3 is 11.1 Å². The van der Waals surface area contributed by atoms with Gasteiger partial charge in [0.25, 0.3) is 0 Å². The molecule has 4 nitrogen and oxygen atoms in total. The fraction of sp³-hybridized carbons (Fsp3) is 0.308. The minimum absolute atomic E-state index is 0.546. The van der Waals surface area contributed by atoms with Gasteiger partial charge in [-0.05, 0) is 18.6 Å². The molecule has 6 heteroatoms. The van der Waals surface area contributed by atoms with Crippen molar-refractivity contribution in [3.63, 3.8) is 0 Å². The van der Waals surface area contributed by atoms with Crippen LogP contribution in [-0.4, -0.2) is 9.78 Å². The Morgan fingerprint density at radius 3 is 2.53 bits per heavy atom. The van der Waals surface area contributed by atoms with Crippen molar-refractivity contribution in [2.45, 2.75) is 19.8 Å². The molecular formula is C13H16Cl2N4. The Morgan fingerprint density at radius 1 is 1.32 bits per heavy atom. The standard InChI is InChI=1S/C13H16Cl2N4/c1-3-5-10-11(16)13(19(2)18-10)17-12-8(14)6-4-7-9(12)15/h4,6-7,17H,3,5,16H2,1-2H3. The summed E-state index contributed by atoms with van der Waals surface area (Å²) in [6.07, 6.45) is 1.84. The maximum Gasteiger partial charge on any atom is 0.152 e. The Balaban J connectivity index is 2.38. The van der Waals surface area contributed by atoms with Crippen molar-refractivity contribution >= 4 is 40.4 Å². The van der Waals surface area contributed by atoms with Gasteiger partial charge in [-0.25, -0.2) is 0 Å². The first kappa shape index (κ1) is 14.0. The van der Waals surface area contributed by atoms with Gasteiger partial charge in [0.2, 0.25) is 0 Å². The predicted molar refractivity (Wildman–Crippen MR) is 81.4 cm³/mol. The number of benzene rings is 1. The highest BCUT2D eigenvalue weighted by Crippen LogP contribution is 2.35. The van der Waals surface area contributed by atoms with Gasteiger partial charge in [-0.15, -0.1) is 0 Å². The molecule has 3 N–H and O–H groups in total. The zero-order chi connectivity index (χ0) is 14.0.